The Kier molecular flexibility index (Phi) is 6.93. The number of fused-ring (bicyclic) bond motifs is 1. The summed E-state index contributed by atoms with van der Waals surface area (Å²) in [6.07, 6.45) is 6.85. The minimum atomic E-state index is -0.428. The van der Waals surface area contributed by atoms with Crippen molar-refractivity contribution in [1.82, 2.24) is 10.2 Å². The molecule has 0 bridgehead atoms. The van der Waals surface area contributed by atoms with Gasteiger partial charge in [0.1, 0.15) is 0 Å². The van der Waals surface area contributed by atoms with Gasteiger partial charge < -0.3 is 15.3 Å². The van der Waals surface area contributed by atoms with Gasteiger partial charge in [0.25, 0.3) is 0 Å². The van der Waals surface area contributed by atoms with Crippen LogP contribution in [-0.2, 0) is 11.2 Å². The molecule has 2 aliphatic rings. The third-order valence-electron chi connectivity index (χ3n) is 6.25. The molecular weight excluding hydrogens is 336 g/mol. The van der Waals surface area contributed by atoms with Crippen LogP contribution in [0.25, 0.3) is 0 Å². The second kappa shape index (κ2) is 9.20. The monoisotopic (exact) mass is 372 g/mol. The predicted octanol–water partition coefficient (Wildman–Crippen LogP) is 3.79. The molecule has 4 nitrogen and oxygen atoms in total. The normalized spacial score (nSPS) is 22.0. The molecule has 3 rings (SSSR count). The van der Waals surface area contributed by atoms with E-state index in [0.29, 0.717) is 24.9 Å². The number of nitrogens with one attached hydrogen (secondary N) is 1. The van der Waals surface area contributed by atoms with Crippen LogP contribution in [0.15, 0.2) is 18.2 Å². The van der Waals surface area contributed by atoms with Crippen molar-refractivity contribution in [3.05, 3.63) is 34.9 Å². The molecule has 1 saturated carbocycles. The van der Waals surface area contributed by atoms with Gasteiger partial charge in [-0.3, -0.25) is 4.79 Å². The van der Waals surface area contributed by atoms with Crippen LogP contribution in [0.1, 0.15) is 81.5 Å². The molecule has 2 atom stereocenters. The molecule has 1 amide bonds. The zero-order valence-electron chi connectivity index (χ0n) is 17.2. The number of aliphatic hydroxyl groups is 1. The number of amides is 1. The summed E-state index contributed by atoms with van der Waals surface area (Å²) in [6.45, 7) is 7.80. The first-order valence-corrected chi connectivity index (χ1v) is 10.8. The van der Waals surface area contributed by atoms with Gasteiger partial charge >= 0.3 is 0 Å². The molecule has 2 N–H and O–H groups in total. The first kappa shape index (κ1) is 20.3. The highest BCUT2D eigenvalue weighted by Gasteiger charge is 2.36. The van der Waals surface area contributed by atoms with Gasteiger partial charge in [-0.1, -0.05) is 51.3 Å². The maximum Gasteiger partial charge on any atom is 0.237 e. The Morgan fingerprint density at radius 2 is 1.96 bits per heavy atom. The van der Waals surface area contributed by atoms with Crippen LogP contribution in [0.2, 0.25) is 0 Å². The fourth-order valence-electron chi connectivity index (χ4n) is 4.75. The lowest BCUT2D eigenvalue weighted by molar-refractivity contribution is -0.134. The van der Waals surface area contributed by atoms with Crippen molar-refractivity contribution in [2.45, 2.75) is 77.4 Å². The highest BCUT2D eigenvalue weighted by molar-refractivity contribution is 5.79. The lowest BCUT2D eigenvalue weighted by Gasteiger charge is -2.43. The fraction of sp³-hybridized carbons (Fsp3) is 0.696. The van der Waals surface area contributed by atoms with E-state index >= 15 is 0 Å². The zero-order chi connectivity index (χ0) is 19.4. The van der Waals surface area contributed by atoms with Gasteiger partial charge in [-0.05, 0) is 54.7 Å². The number of carbonyl (C=O) groups excluding carboxylic acids is 1. The Hall–Kier alpha value is -1.39. The van der Waals surface area contributed by atoms with Crippen LogP contribution in [0.5, 0.6) is 0 Å². The number of rotatable bonds is 6. The molecular formula is C23H36N2O2. The Balaban J connectivity index is 1.86. The lowest BCUT2D eigenvalue weighted by Crippen LogP contribution is -2.47. The molecule has 1 fully saturated rings. The lowest BCUT2D eigenvalue weighted by atomic mass is 9.76. The highest BCUT2D eigenvalue weighted by Crippen LogP contribution is 2.42. The van der Waals surface area contributed by atoms with E-state index in [4.69, 9.17) is 0 Å². The molecule has 1 aliphatic carbocycles. The van der Waals surface area contributed by atoms with Gasteiger partial charge in [0.2, 0.25) is 5.91 Å². The summed E-state index contributed by atoms with van der Waals surface area (Å²) in [6, 6.07) is 7.16. The van der Waals surface area contributed by atoms with E-state index in [1.807, 2.05) is 0 Å². The Bertz CT molecular complexity index is 635. The molecule has 1 aliphatic heterocycles. The minimum absolute atomic E-state index is 0.173. The van der Waals surface area contributed by atoms with E-state index < -0.39 is 6.10 Å². The molecule has 0 spiro atoms. The largest absolute Gasteiger partial charge is 0.392 e. The van der Waals surface area contributed by atoms with Gasteiger partial charge in [-0.2, -0.15) is 0 Å². The van der Waals surface area contributed by atoms with Crippen LogP contribution < -0.4 is 5.32 Å². The van der Waals surface area contributed by atoms with Crippen molar-refractivity contribution in [3.63, 3.8) is 0 Å². The Labute approximate surface area is 164 Å². The van der Waals surface area contributed by atoms with E-state index in [2.05, 4.69) is 42.3 Å². The van der Waals surface area contributed by atoms with E-state index in [1.165, 1.54) is 48.8 Å². The summed E-state index contributed by atoms with van der Waals surface area (Å²) >= 11 is 0. The van der Waals surface area contributed by atoms with Crippen molar-refractivity contribution in [2.24, 2.45) is 5.92 Å². The number of carbonyl (C=O) groups is 1. The van der Waals surface area contributed by atoms with Crippen molar-refractivity contribution >= 4 is 5.91 Å². The summed E-state index contributed by atoms with van der Waals surface area (Å²) in [5, 5.41) is 12.6. The Morgan fingerprint density at radius 3 is 2.63 bits per heavy atom. The molecule has 0 aromatic heterocycles. The first-order chi connectivity index (χ1) is 13.0. The molecule has 1 unspecified atom stereocenters. The highest BCUT2D eigenvalue weighted by atomic mass is 16.3. The maximum absolute atomic E-state index is 13.0. The van der Waals surface area contributed by atoms with Crippen LogP contribution in [0, 0.1) is 5.92 Å². The summed E-state index contributed by atoms with van der Waals surface area (Å²) < 4.78 is 0. The Morgan fingerprint density at radius 1 is 1.22 bits per heavy atom. The van der Waals surface area contributed by atoms with Crippen LogP contribution in [0.4, 0.5) is 0 Å². The summed E-state index contributed by atoms with van der Waals surface area (Å²) in [4.78, 5) is 15.2. The molecule has 150 valence electrons. The topological polar surface area (TPSA) is 52.6 Å². The fourth-order valence-corrected chi connectivity index (χ4v) is 4.75. The molecule has 0 radical (unpaired) electrons. The quantitative estimate of drug-likeness (QED) is 0.799. The van der Waals surface area contributed by atoms with E-state index in [9.17, 15) is 9.90 Å². The van der Waals surface area contributed by atoms with Gasteiger partial charge in [0, 0.05) is 13.1 Å². The zero-order valence-corrected chi connectivity index (χ0v) is 17.2. The van der Waals surface area contributed by atoms with E-state index in [0.717, 1.165) is 13.0 Å². The van der Waals surface area contributed by atoms with Crippen molar-refractivity contribution < 1.29 is 9.90 Å². The standard InChI is InChI=1S/C23H36N2O2/c1-16(2)20-10-9-18-11-12-25(22(27)15-24-14-17(3)26)23(21(18)13-20)19-7-5-4-6-8-19/h9-10,13,16-17,19,23-24,26H,4-8,11-12,14-15H2,1-3H3/t17-,23?/m1/s1. The second-order valence-electron chi connectivity index (χ2n) is 8.77. The average Bonchev–Trinajstić information content (AvgIpc) is 2.66. The van der Waals surface area contributed by atoms with Crippen molar-refractivity contribution in [3.8, 4) is 0 Å². The molecule has 27 heavy (non-hydrogen) atoms. The van der Waals surface area contributed by atoms with E-state index in [1.54, 1.807) is 6.92 Å². The molecule has 1 heterocycles. The van der Waals surface area contributed by atoms with Gasteiger partial charge in [-0.25, -0.2) is 0 Å². The molecule has 1 aromatic rings. The SMILES string of the molecule is CC(C)c1ccc2c(c1)C(C1CCCCC1)N(C(=O)CNC[C@@H](C)O)CC2. The van der Waals surface area contributed by atoms with Crippen LogP contribution in [-0.4, -0.2) is 41.7 Å². The first-order valence-electron chi connectivity index (χ1n) is 10.8. The third kappa shape index (κ3) is 4.91. The van der Waals surface area contributed by atoms with Crippen LogP contribution in [0.3, 0.4) is 0 Å². The van der Waals surface area contributed by atoms with Gasteiger partial charge in [0.15, 0.2) is 0 Å². The van der Waals surface area contributed by atoms with Crippen molar-refractivity contribution in [2.75, 3.05) is 19.6 Å². The smallest absolute Gasteiger partial charge is 0.237 e. The summed E-state index contributed by atoms with van der Waals surface area (Å²) in [5.41, 5.74) is 4.19. The van der Waals surface area contributed by atoms with Gasteiger partial charge in [0.05, 0.1) is 18.7 Å². The van der Waals surface area contributed by atoms with Crippen LogP contribution >= 0.6 is 0 Å². The molecule has 1 aromatic carbocycles. The summed E-state index contributed by atoms with van der Waals surface area (Å²) in [7, 11) is 0. The predicted molar refractivity (Wildman–Crippen MR) is 110 cm³/mol. The number of hydrogen-bond donors (Lipinski definition) is 2. The maximum atomic E-state index is 13.0. The van der Waals surface area contributed by atoms with Crippen molar-refractivity contribution in [1.29, 1.82) is 0 Å². The van der Waals surface area contributed by atoms with Gasteiger partial charge in [-0.15, -0.1) is 0 Å². The number of hydrogen-bond acceptors (Lipinski definition) is 3. The number of aliphatic hydroxyl groups excluding tert-OH is 1. The average molecular weight is 373 g/mol. The molecule has 0 saturated heterocycles. The molecule has 4 heteroatoms. The van der Waals surface area contributed by atoms with E-state index in [-0.39, 0.29) is 11.9 Å². The number of nitrogens with zero attached hydrogens (tertiary/aromatic N) is 1. The minimum Gasteiger partial charge on any atom is -0.392 e. The third-order valence-corrected chi connectivity index (χ3v) is 6.25. The second-order valence-corrected chi connectivity index (χ2v) is 8.77. The summed E-state index contributed by atoms with van der Waals surface area (Å²) in [5.74, 6) is 1.24. The number of benzene rings is 1.